The van der Waals surface area contributed by atoms with Gasteiger partial charge in [0, 0.05) is 30.9 Å². The Bertz CT molecular complexity index is 1160. The van der Waals surface area contributed by atoms with Crippen molar-refractivity contribution in [3.8, 4) is 5.75 Å². The summed E-state index contributed by atoms with van der Waals surface area (Å²) >= 11 is 11.7. The quantitative estimate of drug-likeness (QED) is 0.433. The Morgan fingerprint density at radius 3 is 2.26 bits per heavy atom. The molecule has 1 atom stereocenters. The number of likely N-dealkylation sites (tertiary alicyclic amines) is 1. The van der Waals surface area contributed by atoms with E-state index < -0.39 is 29.6 Å². The first-order valence-corrected chi connectivity index (χ1v) is 10.8. The second-order valence-corrected chi connectivity index (χ2v) is 8.56. The number of aryl methyl sites for hydroxylation is 1. The van der Waals surface area contributed by atoms with E-state index in [9.17, 15) is 32.3 Å². The second kappa shape index (κ2) is 11.3. The Kier molecular flexibility index (Phi) is 9.15. The minimum Gasteiger partial charge on any atom is -0.507 e. The molecular weight excluding hydrogens is 521 g/mol. The number of nitrogens with one attached hydrogen (secondary N) is 1. The van der Waals surface area contributed by atoms with Gasteiger partial charge in [-0.3, -0.25) is 9.59 Å². The summed E-state index contributed by atoms with van der Waals surface area (Å²) < 4.78 is 46.3. The lowest BCUT2D eigenvalue weighted by atomic mass is 9.85. The number of aromatic hydroxyl groups is 1. The highest BCUT2D eigenvalue weighted by Gasteiger charge is 2.38. The zero-order chi connectivity index (χ0) is 26.7. The van der Waals surface area contributed by atoms with Crippen LogP contribution in [0.25, 0.3) is 0 Å². The van der Waals surface area contributed by atoms with Gasteiger partial charge < -0.3 is 25.8 Å². The average molecular weight is 542 g/mol. The van der Waals surface area contributed by atoms with Gasteiger partial charge in [0.25, 0.3) is 11.5 Å². The van der Waals surface area contributed by atoms with Gasteiger partial charge in [-0.1, -0.05) is 23.2 Å². The molecule has 2 aromatic rings. The van der Waals surface area contributed by atoms with Crippen LogP contribution < -0.4 is 11.3 Å². The van der Waals surface area contributed by atoms with Crippen LogP contribution in [0, 0.1) is 18.7 Å². The number of alkyl halides is 3. The van der Waals surface area contributed by atoms with Crippen molar-refractivity contribution in [2.24, 2.45) is 11.7 Å². The number of carbonyl (C=O) groups excluding carboxylic acids is 1. The number of aromatic amines is 1. The summed E-state index contributed by atoms with van der Waals surface area (Å²) in [6, 6.07) is 2.00. The number of nitrogens with two attached hydrogens (primary N) is 1. The number of aliphatic carboxylic acids is 1. The molecule has 192 valence electrons. The van der Waals surface area contributed by atoms with E-state index in [1.165, 1.54) is 18.3 Å². The number of phenolic OH excluding ortho intramolecular Hbond substituents is 1. The summed E-state index contributed by atoms with van der Waals surface area (Å²) in [5.41, 5.74) is 6.52. The van der Waals surface area contributed by atoms with Crippen LogP contribution in [0.2, 0.25) is 10.0 Å². The summed E-state index contributed by atoms with van der Waals surface area (Å²) in [6.07, 6.45) is -2.68. The minimum atomic E-state index is -5.08. The van der Waals surface area contributed by atoms with Crippen LogP contribution in [0.1, 0.15) is 40.4 Å². The fourth-order valence-electron chi connectivity index (χ4n) is 3.53. The lowest BCUT2D eigenvalue weighted by molar-refractivity contribution is -0.192. The number of amides is 1. The predicted octanol–water partition coefficient (Wildman–Crippen LogP) is 4.02. The normalized spacial score (nSPS) is 15.3. The van der Waals surface area contributed by atoms with Gasteiger partial charge in [0.05, 0.1) is 10.6 Å². The zero-order valence-electron chi connectivity index (χ0n) is 18.1. The molecule has 0 unspecified atom stereocenters. The van der Waals surface area contributed by atoms with Crippen LogP contribution in [-0.4, -0.2) is 51.2 Å². The van der Waals surface area contributed by atoms with Gasteiger partial charge >= 0.3 is 12.1 Å². The smallest absolute Gasteiger partial charge is 0.490 e. The van der Waals surface area contributed by atoms with Crippen molar-refractivity contribution < 1.29 is 37.4 Å². The summed E-state index contributed by atoms with van der Waals surface area (Å²) in [5.74, 6) is -4.05. The number of aromatic nitrogens is 1. The van der Waals surface area contributed by atoms with Crippen molar-refractivity contribution in [2.75, 3.05) is 13.1 Å². The van der Waals surface area contributed by atoms with E-state index in [1.807, 2.05) is 0 Å². The van der Waals surface area contributed by atoms with Crippen molar-refractivity contribution in [1.29, 1.82) is 0 Å². The number of benzene rings is 1. The maximum atomic E-state index is 14.5. The molecule has 1 fully saturated rings. The van der Waals surface area contributed by atoms with Crippen molar-refractivity contribution in [2.45, 2.75) is 32.0 Å². The number of hydrogen-bond acceptors (Lipinski definition) is 5. The first kappa shape index (κ1) is 28.4. The maximum Gasteiger partial charge on any atom is 0.490 e. The maximum absolute atomic E-state index is 14.5. The predicted molar refractivity (Wildman–Crippen MR) is 119 cm³/mol. The first-order chi connectivity index (χ1) is 16.1. The van der Waals surface area contributed by atoms with E-state index in [0.717, 1.165) is 0 Å². The molecule has 0 radical (unpaired) electrons. The number of hydrogen-bond donors (Lipinski definition) is 4. The number of pyridine rings is 1. The molecule has 1 aromatic heterocycles. The molecule has 1 saturated heterocycles. The molecule has 35 heavy (non-hydrogen) atoms. The third-order valence-electron chi connectivity index (χ3n) is 5.42. The van der Waals surface area contributed by atoms with Gasteiger partial charge in [0.1, 0.15) is 10.8 Å². The van der Waals surface area contributed by atoms with Crippen molar-refractivity contribution in [3.63, 3.8) is 0 Å². The summed E-state index contributed by atoms with van der Waals surface area (Å²) in [4.78, 5) is 36.9. The van der Waals surface area contributed by atoms with Gasteiger partial charge in [-0.05, 0) is 43.4 Å². The van der Waals surface area contributed by atoms with Crippen LogP contribution >= 0.6 is 23.2 Å². The molecule has 1 aliphatic rings. The van der Waals surface area contributed by atoms with E-state index in [4.69, 9.17) is 38.8 Å². The van der Waals surface area contributed by atoms with Gasteiger partial charge in [-0.2, -0.15) is 13.2 Å². The number of H-pyrrole nitrogens is 1. The third kappa shape index (κ3) is 6.86. The van der Waals surface area contributed by atoms with Gasteiger partial charge in [0.15, 0.2) is 5.82 Å². The van der Waals surface area contributed by atoms with Crippen LogP contribution in [0.3, 0.4) is 0 Å². The van der Waals surface area contributed by atoms with Crippen LogP contribution in [0.15, 0.2) is 23.1 Å². The Morgan fingerprint density at radius 2 is 1.77 bits per heavy atom. The number of carboxylic acid groups (broad SMARTS) is 1. The number of halogens is 6. The number of nitrogens with zero attached hydrogens (tertiary/aromatic N) is 1. The molecule has 0 saturated carbocycles. The number of piperidine rings is 1. The molecule has 1 amide bonds. The highest BCUT2D eigenvalue weighted by molar-refractivity contribution is 6.31. The molecule has 1 aromatic carbocycles. The lowest BCUT2D eigenvalue weighted by Gasteiger charge is -2.35. The average Bonchev–Trinajstić information content (AvgIpc) is 2.78. The Balaban J connectivity index is 0.000000540. The van der Waals surface area contributed by atoms with Crippen LogP contribution in [0.4, 0.5) is 17.6 Å². The highest BCUT2D eigenvalue weighted by Crippen LogP contribution is 2.38. The molecule has 14 heteroatoms. The molecule has 2 heterocycles. The monoisotopic (exact) mass is 541 g/mol. The zero-order valence-corrected chi connectivity index (χ0v) is 19.6. The Labute approximate surface area is 206 Å². The summed E-state index contributed by atoms with van der Waals surface area (Å²) in [7, 11) is 0. The van der Waals surface area contributed by atoms with Gasteiger partial charge in [-0.15, -0.1) is 0 Å². The number of carboxylic acids is 1. The third-order valence-corrected chi connectivity index (χ3v) is 6.16. The minimum absolute atomic E-state index is 0.00722. The van der Waals surface area contributed by atoms with Crippen molar-refractivity contribution in [1.82, 2.24) is 9.88 Å². The second-order valence-electron chi connectivity index (χ2n) is 7.78. The fraction of sp³-hybridized carbons (Fsp3) is 0.381. The van der Waals surface area contributed by atoms with E-state index in [0.29, 0.717) is 37.1 Å². The van der Waals surface area contributed by atoms with E-state index >= 15 is 0 Å². The Hall–Kier alpha value is -2.83. The van der Waals surface area contributed by atoms with E-state index in [-0.39, 0.29) is 33.2 Å². The molecule has 5 N–H and O–H groups in total. The van der Waals surface area contributed by atoms with Gasteiger partial charge in [0.2, 0.25) is 0 Å². The lowest BCUT2D eigenvalue weighted by Crippen LogP contribution is -2.41. The van der Waals surface area contributed by atoms with E-state index in [1.54, 1.807) is 11.8 Å². The van der Waals surface area contributed by atoms with Crippen molar-refractivity contribution in [3.05, 3.63) is 61.2 Å². The molecule has 1 aliphatic heterocycles. The summed E-state index contributed by atoms with van der Waals surface area (Å²) in [5, 5.41) is 17.2. The standard InChI is InChI=1S/C19H20Cl2FN3O3.C2HF3O2/c1-9-6-13(26)14(16(22)15(9)21)17(23)10-2-4-25(5-3-10)19(28)11-7-12(20)18(27)24-8-11;3-2(4,5)1(6)7/h6-8,10,17,26H,2-5,23H2,1H3,(H,24,27);(H,6,7)/t17-;/m1./s1. The summed E-state index contributed by atoms with van der Waals surface area (Å²) in [6.45, 7) is 2.43. The SMILES string of the molecule is Cc1cc(O)c([C@H](N)C2CCN(C(=O)c3c[nH]c(=O)c(Cl)c3)CC2)c(F)c1Cl.O=C(O)C(F)(F)F. The molecule has 8 nitrogen and oxygen atoms in total. The first-order valence-electron chi connectivity index (χ1n) is 10.1. The Morgan fingerprint density at radius 1 is 1.23 bits per heavy atom. The van der Waals surface area contributed by atoms with Crippen LogP contribution in [-0.2, 0) is 4.79 Å². The molecular formula is C21H21Cl2F4N3O5. The molecule has 3 rings (SSSR count). The molecule has 0 aliphatic carbocycles. The fourth-order valence-corrected chi connectivity index (χ4v) is 3.85. The molecule has 0 bridgehead atoms. The number of carbonyl (C=O) groups is 2. The largest absolute Gasteiger partial charge is 0.507 e. The number of rotatable bonds is 3. The van der Waals surface area contributed by atoms with Crippen molar-refractivity contribution >= 4 is 35.1 Å². The number of phenols is 1. The van der Waals surface area contributed by atoms with Crippen LogP contribution in [0.5, 0.6) is 5.75 Å². The topological polar surface area (TPSA) is 137 Å². The van der Waals surface area contributed by atoms with Gasteiger partial charge in [-0.25, -0.2) is 9.18 Å². The van der Waals surface area contributed by atoms with E-state index in [2.05, 4.69) is 4.98 Å². The highest BCUT2D eigenvalue weighted by atomic mass is 35.5. The molecule has 0 spiro atoms.